The average molecular weight is 341 g/mol. The van der Waals surface area contributed by atoms with Gasteiger partial charge in [0.15, 0.2) is 0 Å². The molecule has 5 heteroatoms. The van der Waals surface area contributed by atoms with Crippen molar-refractivity contribution in [3.63, 3.8) is 0 Å². The van der Waals surface area contributed by atoms with Crippen molar-refractivity contribution in [3.05, 3.63) is 54.1 Å². The smallest absolute Gasteiger partial charge is 0.407 e. The fourth-order valence-corrected chi connectivity index (χ4v) is 3.12. The predicted molar refractivity (Wildman–Crippen MR) is 95.8 cm³/mol. The maximum atomic E-state index is 11.0. The number of hydrogen-bond donors (Lipinski definition) is 1. The number of hydrogen-bond acceptors (Lipinski definition) is 3. The quantitative estimate of drug-likeness (QED) is 0.892. The minimum atomic E-state index is -0.844. The third-order valence-electron chi connectivity index (χ3n) is 4.61. The van der Waals surface area contributed by atoms with E-state index in [0.29, 0.717) is 19.7 Å². The predicted octanol–water partition coefficient (Wildman–Crippen LogP) is 4.02. The summed E-state index contributed by atoms with van der Waals surface area (Å²) in [5.41, 5.74) is 3.40. The van der Waals surface area contributed by atoms with Gasteiger partial charge >= 0.3 is 6.09 Å². The first-order chi connectivity index (χ1) is 12.2. The summed E-state index contributed by atoms with van der Waals surface area (Å²) >= 11 is 0. The van der Waals surface area contributed by atoms with Crippen LogP contribution in [0.4, 0.5) is 4.79 Å². The van der Waals surface area contributed by atoms with Crippen LogP contribution < -0.4 is 4.74 Å². The number of nitrogens with zero attached hydrogens (tertiary/aromatic N) is 1. The summed E-state index contributed by atoms with van der Waals surface area (Å²) in [7, 11) is 1.66. The number of carboxylic acid groups (broad SMARTS) is 1. The minimum absolute atomic E-state index is 0.111. The molecule has 2 aromatic carbocycles. The van der Waals surface area contributed by atoms with E-state index >= 15 is 0 Å². The number of ether oxygens (including phenoxy) is 2. The zero-order chi connectivity index (χ0) is 17.6. The van der Waals surface area contributed by atoms with Crippen LogP contribution in [0.1, 0.15) is 18.4 Å². The highest BCUT2D eigenvalue weighted by atomic mass is 16.5. The summed E-state index contributed by atoms with van der Waals surface area (Å²) in [6, 6.07) is 16.2. The largest absolute Gasteiger partial charge is 0.497 e. The number of benzene rings is 2. The van der Waals surface area contributed by atoms with Gasteiger partial charge in [0.05, 0.1) is 19.8 Å². The summed E-state index contributed by atoms with van der Waals surface area (Å²) < 4.78 is 11.3. The molecule has 25 heavy (non-hydrogen) atoms. The van der Waals surface area contributed by atoms with Gasteiger partial charge in [-0.25, -0.2) is 4.79 Å². The molecule has 1 amide bonds. The number of likely N-dealkylation sites (tertiary alicyclic amines) is 1. The van der Waals surface area contributed by atoms with E-state index in [0.717, 1.165) is 35.3 Å². The molecule has 1 fully saturated rings. The molecule has 5 nitrogen and oxygen atoms in total. The van der Waals surface area contributed by atoms with Crippen molar-refractivity contribution < 1.29 is 19.4 Å². The molecule has 0 aromatic heterocycles. The van der Waals surface area contributed by atoms with Crippen molar-refractivity contribution in [3.8, 4) is 16.9 Å². The third kappa shape index (κ3) is 4.31. The van der Waals surface area contributed by atoms with E-state index in [9.17, 15) is 4.79 Å². The van der Waals surface area contributed by atoms with Gasteiger partial charge in [-0.15, -0.1) is 0 Å². The lowest BCUT2D eigenvalue weighted by Gasteiger charge is -2.30. The molecule has 0 unspecified atom stereocenters. The van der Waals surface area contributed by atoms with E-state index in [-0.39, 0.29) is 6.10 Å². The molecule has 2 aromatic rings. The summed E-state index contributed by atoms with van der Waals surface area (Å²) in [5, 5.41) is 9.01. The van der Waals surface area contributed by atoms with Crippen LogP contribution in [-0.4, -0.2) is 42.4 Å². The van der Waals surface area contributed by atoms with Crippen LogP contribution in [0.15, 0.2) is 48.5 Å². The molecule has 3 rings (SSSR count). The van der Waals surface area contributed by atoms with Gasteiger partial charge in [0, 0.05) is 13.1 Å². The highest BCUT2D eigenvalue weighted by Gasteiger charge is 2.22. The Hall–Kier alpha value is -2.53. The van der Waals surface area contributed by atoms with Crippen LogP contribution in [0.2, 0.25) is 0 Å². The number of carbonyl (C=O) groups is 1. The molecule has 0 bridgehead atoms. The van der Waals surface area contributed by atoms with Gasteiger partial charge in [-0.3, -0.25) is 0 Å². The summed E-state index contributed by atoms with van der Waals surface area (Å²) in [4.78, 5) is 12.4. The number of rotatable bonds is 5. The maximum absolute atomic E-state index is 11.0. The summed E-state index contributed by atoms with van der Waals surface area (Å²) in [6.45, 7) is 1.61. The van der Waals surface area contributed by atoms with Gasteiger partial charge in [0.1, 0.15) is 5.75 Å². The average Bonchev–Trinajstić information content (AvgIpc) is 2.67. The van der Waals surface area contributed by atoms with Gasteiger partial charge in [0.25, 0.3) is 0 Å². The van der Waals surface area contributed by atoms with E-state index < -0.39 is 6.09 Å². The Balaban J connectivity index is 1.64. The van der Waals surface area contributed by atoms with E-state index in [1.165, 1.54) is 4.90 Å². The molecule has 1 heterocycles. The van der Waals surface area contributed by atoms with Crippen LogP contribution in [0.25, 0.3) is 11.1 Å². The number of methoxy groups -OCH3 is 1. The normalized spacial score (nSPS) is 15.2. The van der Waals surface area contributed by atoms with Crippen LogP contribution in [0.3, 0.4) is 0 Å². The molecule has 132 valence electrons. The molecule has 1 saturated heterocycles. The highest BCUT2D eigenvalue weighted by molar-refractivity contribution is 5.68. The Bertz CT molecular complexity index is 706. The lowest BCUT2D eigenvalue weighted by Crippen LogP contribution is -2.40. The Labute approximate surface area is 147 Å². The first kappa shape index (κ1) is 17.3. The van der Waals surface area contributed by atoms with Gasteiger partial charge in [0.2, 0.25) is 0 Å². The van der Waals surface area contributed by atoms with Gasteiger partial charge in [-0.1, -0.05) is 36.4 Å². The van der Waals surface area contributed by atoms with E-state index in [4.69, 9.17) is 14.6 Å². The lowest BCUT2D eigenvalue weighted by atomic mass is 10.00. The van der Waals surface area contributed by atoms with Crippen molar-refractivity contribution in [1.29, 1.82) is 0 Å². The Morgan fingerprint density at radius 3 is 2.44 bits per heavy atom. The Morgan fingerprint density at radius 2 is 1.80 bits per heavy atom. The first-order valence-corrected chi connectivity index (χ1v) is 8.49. The second kappa shape index (κ2) is 8.03. The topological polar surface area (TPSA) is 59.0 Å². The van der Waals surface area contributed by atoms with Gasteiger partial charge in [-0.05, 0) is 41.7 Å². The SMILES string of the molecule is COc1ccc(-c2ccccc2COC2CCN(C(=O)O)CC2)cc1. The van der Waals surface area contributed by atoms with E-state index in [1.807, 2.05) is 36.4 Å². The summed E-state index contributed by atoms with van der Waals surface area (Å²) in [5.74, 6) is 0.836. The molecule has 0 saturated carbocycles. The zero-order valence-electron chi connectivity index (χ0n) is 14.4. The summed E-state index contributed by atoms with van der Waals surface area (Å²) in [6.07, 6.45) is 0.761. The van der Waals surface area contributed by atoms with Crippen LogP contribution >= 0.6 is 0 Å². The number of amides is 1. The van der Waals surface area contributed by atoms with Gasteiger partial charge in [-0.2, -0.15) is 0 Å². The molecule has 1 aliphatic heterocycles. The van der Waals surface area contributed by atoms with E-state index in [2.05, 4.69) is 12.1 Å². The Kier molecular flexibility index (Phi) is 5.56. The van der Waals surface area contributed by atoms with Crippen LogP contribution in [0.5, 0.6) is 5.75 Å². The van der Waals surface area contributed by atoms with Crippen molar-refractivity contribution in [2.24, 2.45) is 0 Å². The molecular formula is C20H23NO4. The molecule has 0 aliphatic carbocycles. The second-order valence-corrected chi connectivity index (χ2v) is 6.17. The zero-order valence-corrected chi connectivity index (χ0v) is 14.4. The second-order valence-electron chi connectivity index (χ2n) is 6.17. The molecule has 1 N–H and O–H groups in total. The monoisotopic (exact) mass is 341 g/mol. The maximum Gasteiger partial charge on any atom is 0.407 e. The first-order valence-electron chi connectivity index (χ1n) is 8.49. The van der Waals surface area contributed by atoms with Crippen molar-refractivity contribution in [2.75, 3.05) is 20.2 Å². The fourth-order valence-electron chi connectivity index (χ4n) is 3.12. The van der Waals surface area contributed by atoms with Crippen LogP contribution in [-0.2, 0) is 11.3 Å². The third-order valence-corrected chi connectivity index (χ3v) is 4.61. The Morgan fingerprint density at radius 1 is 1.12 bits per heavy atom. The van der Waals surface area contributed by atoms with E-state index in [1.54, 1.807) is 7.11 Å². The number of piperidine rings is 1. The highest BCUT2D eigenvalue weighted by Crippen LogP contribution is 2.27. The minimum Gasteiger partial charge on any atom is -0.497 e. The van der Waals surface area contributed by atoms with Gasteiger partial charge < -0.3 is 19.5 Å². The van der Waals surface area contributed by atoms with Crippen molar-refractivity contribution >= 4 is 6.09 Å². The molecule has 1 aliphatic rings. The van der Waals surface area contributed by atoms with Crippen LogP contribution in [0, 0.1) is 0 Å². The molecular weight excluding hydrogens is 318 g/mol. The molecule has 0 spiro atoms. The standard InChI is InChI=1S/C20H23NO4/c1-24-17-8-6-15(7-9-17)19-5-3-2-4-16(19)14-25-18-10-12-21(13-11-18)20(22)23/h2-9,18H,10-14H2,1H3,(H,22,23). The molecule has 0 atom stereocenters. The fraction of sp³-hybridized carbons (Fsp3) is 0.350. The lowest BCUT2D eigenvalue weighted by molar-refractivity contribution is 0.000543. The van der Waals surface area contributed by atoms with Crippen molar-refractivity contribution in [1.82, 2.24) is 4.90 Å². The molecule has 0 radical (unpaired) electrons. The van der Waals surface area contributed by atoms with Crippen molar-refractivity contribution in [2.45, 2.75) is 25.6 Å².